The van der Waals surface area contributed by atoms with Crippen LogP contribution in [-0.4, -0.2) is 48.6 Å². The summed E-state index contributed by atoms with van der Waals surface area (Å²) in [5, 5.41) is 2.98. The molecule has 1 rings (SSSR count). The van der Waals surface area contributed by atoms with Crippen molar-refractivity contribution in [2.75, 3.05) is 20.1 Å². The third-order valence-corrected chi connectivity index (χ3v) is 3.06. The molecule has 5 nitrogen and oxygen atoms in total. The van der Waals surface area contributed by atoms with Crippen molar-refractivity contribution in [1.29, 1.82) is 0 Å². The summed E-state index contributed by atoms with van der Waals surface area (Å²) < 4.78 is 5.17. The summed E-state index contributed by atoms with van der Waals surface area (Å²) in [6, 6.07) is 0.252. The van der Waals surface area contributed by atoms with Crippen LogP contribution in [0, 0.1) is 0 Å². The fourth-order valence-corrected chi connectivity index (χ4v) is 2.06. The van der Waals surface area contributed by atoms with Crippen molar-refractivity contribution in [2.45, 2.75) is 58.1 Å². The van der Waals surface area contributed by atoms with Gasteiger partial charge in [-0.3, -0.25) is 9.59 Å². The van der Waals surface area contributed by atoms with E-state index in [2.05, 4.69) is 17.3 Å². The number of nitrogens with zero attached hydrogens (tertiary/aromatic N) is 1. The number of carbonyl (C=O) groups is 2. The van der Waals surface area contributed by atoms with Gasteiger partial charge in [0.15, 0.2) is 0 Å². The fourth-order valence-electron chi connectivity index (χ4n) is 2.06. The molecule has 0 aliphatic carbocycles. The molecular formula is C14H26N2O3. The Balaban J connectivity index is 2.19. The van der Waals surface area contributed by atoms with Gasteiger partial charge in [-0.2, -0.15) is 0 Å². The minimum absolute atomic E-state index is 0.0552. The van der Waals surface area contributed by atoms with E-state index in [0.717, 1.165) is 25.9 Å². The first-order chi connectivity index (χ1) is 8.76. The van der Waals surface area contributed by atoms with E-state index >= 15 is 0 Å². The predicted molar refractivity (Wildman–Crippen MR) is 73.7 cm³/mol. The molecule has 1 fully saturated rings. The molecule has 1 aliphatic rings. The van der Waals surface area contributed by atoms with Crippen LogP contribution in [-0.2, 0) is 14.3 Å². The summed E-state index contributed by atoms with van der Waals surface area (Å²) in [7, 11) is 2.08. The van der Waals surface area contributed by atoms with Crippen LogP contribution in [0.1, 0.15) is 46.5 Å². The minimum Gasteiger partial charge on any atom is -0.460 e. The molecule has 0 aromatic rings. The van der Waals surface area contributed by atoms with E-state index in [-0.39, 0.29) is 30.8 Å². The smallest absolute Gasteiger partial charge is 0.306 e. The molecule has 0 spiro atoms. The van der Waals surface area contributed by atoms with Gasteiger partial charge in [0, 0.05) is 12.5 Å². The number of nitrogens with one attached hydrogen (secondary N) is 1. The Morgan fingerprint density at radius 2 is 1.79 bits per heavy atom. The maximum Gasteiger partial charge on any atom is 0.306 e. The molecule has 0 radical (unpaired) electrons. The highest BCUT2D eigenvalue weighted by Crippen LogP contribution is 2.10. The van der Waals surface area contributed by atoms with Crippen LogP contribution in [0.15, 0.2) is 0 Å². The first-order valence-electron chi connectivity index (χ1n) is 6.96. The molecule has 1 aliphatic heterocycles. The van der Waals surface area contributed by atoms with Crippen molar-refractivity contribution >= 4 is 11.9 Å². The van der Waals surface area contributed by atoms with Crippen LogP contribution in [0.5, 0.6) is 0 Å². The van der Waals surface area contributed by atoms with Gasteiger partial charge in [0.1, 0.15) is 5.60 Å². The van der Waals surface area contributed by atoms with E-state index < -0.39 is 5.60 Å². The summed E-state index contributed by atoms with van der Waals surface area (Å²) >= 11 is 0. The number of hydrogen-bond donors (Lipinski definition) is 1. The standard InChI is InChI=1S/C14H26N2O3/c1-14(2,3)19-13(18)6-5-12(17)15-11-7-9-16(4)10-8-11/h11H,5-10H2,1-4H3,(H,15,17). The molecule has 110 valence electrons. The van der Waals surface area contributed by atoms with Gasteiger partial charge in [-0.05, 0) is 53.8 Å². The number of carbonyl (C=O) groups excluding carboxylic acids is 2. The Hall–Kier alpha value is -1.10. The molecule has 1 saturated heterocycles. The lowest BCUT2D eigenvalue weighted by Crippen LogP contribution is -2.43. The fraction of sp³-hybridized carbons (Fsp3) is 0.857. The second kappa shape index (κ2) is 6.89. The zero-order valence-corrected chi connectivity index (χ0v) is 12.5. The van der Waals surface area contributed by atoms with Gasteiger partial charge >= 0.3 is 5.97 Å². The topological polar surface area (TPSA) is 58.6 Å². The van der Waals surface area contributed by atoms with Crippen molar-refractivity contribution < 1.29 is 14.3 Å². The largest absolute Gasteiger partial charge is 0.460 e. The monoisotopic (exact) mass is 270 g/mol. The minimum atomic E-state index is -0.485. The Morgan fingerprint density at radius 3 is 2.32 bits per heavy atom. The molecule has 1 amide bonds. The van der Waals surface area contributed by atoms with E-state index in [0.29, 0.717) is 0 Å². The quantitative estimate of drug-likeness (QED) is 0.783. The van der Waals surface area contributed by atoms with Crippen molar-refractivity contribution in [3.63, 3.8) is 0 Å². The van der Waals surface area contributed by atoms with Crippen LogP contribution in [0.3, 0.4) is 0 Å². The van der Waals surface area contributed by atoms with Crippen molar-refractivity contribution in [2.24, 2.45) is 0 Å². The van der Waals surface area contributed by atoms with Crippen LogP contribution in [0.4, 0.5) is 0 Å². The zero-order chi connectivity index (χ0) is 14.5. The Kier molecular flexibility index (Phi) is 5.79. The first kappa shape index (κ1) is 16.0. The van der Waals surface area contributed by atoms with Crippen LogP contribution in [0.2, 0.25) is 0 Å². The van der Waals surface area contributed by atoms with Gasteiger partial charge in [0.2, 0.25) is 5.91 Å². The van der Waals surface area contributed by atoms with E-state index in [4.69, 9.17) is 4.74 Å². The second-order valence-corrected chi connectivity index (χ2v) is 6.23. The molecule has 1 heterocycles. The van der Waals surface area contributed by atoms with Crippen molar-refractivity contribution in [3.8, 4) is 0 Å². The molecule has 19 heavy (non-hydrogen) atoms. The van der Waals surface area contributed by atoms with Gasteiger partial charge in [-0.15, -0.1) is 0 Å². The first-order valence-corrected chi connectivity index (χ1v) is 6.96. The van der Waals surface area contributed by atoms with Gasteiger partial charge in [0.25, 0.3) is 0 Å². The summed E-state index contributed by atoms with van der Waals surface area (Å²) in [6.45, 7) is 7.49. The molecule has 1 N–H and O–H groups in total. The molecule has 5 heteroatoms. The molecule has 0 atom stereocenters. The SMILES string of the molecule is CN1CCC(NC(=O)CCC(=O)OC(C)(C)C)CC1. The summed E-state index contributed by atoms with van der Waals surface area (Å²) in [6.07, 6.45) is 2.32. The van der Waals surface area contributed by atoms with Crippen LogP contribution < -0.4 is 5.32 Å². The Morgan fingerprint density at radius 1 is 1.21 bits per heavy atom. The maximum absolute atomic E-state index is 11.7. The number of hydrogen-bond acceptors (Lipinski definition) is 4. The predicted octanol–water partition coefficient (Wildman–Crippen LogP) is 1.32. The highest BCUT2D eigenvalue weighted by Gasteiger charge is 2.20. The normalized spacial score (nSPS) is 18.1. The lowest BCUT2D eigenvalue weighted by molar-refractivity contribution is -0.155. The highest BCUT2D eigenvalue weighted by molar-refractivity contribution is 5.81. The highest BCUT2D eigenvalue weighted by atomic mass is 16.6. The third kappa shape index (κ3) is 7.15. The van der Waals surface area contributed by atoms with Crippen LogP contribution in [0.25, 0.3) is 0 Å². The Bertz CT molecular complexity index is 315. The number of esters is 1. The molecular weight excluding hydrogens is 244 g/mol. The number of ether oxygens (including phenoxy) is 1. The van der Waals surface area contributed by atoms with E-state index in [1.54, 1.807) is 0 Å². The van der Waals surface area contributed by atoms with Crippen molar-refractivity contribution in [1.82, 2.24) is 10.2 Å². The average molecular weight is 270 g/mol. The third-order valence-electron chi connectivity index (χ3n) is 3.06. The van der Waals surface area contributed by atoms with E-state index in [9.17, 15) is 9.59 Å². The summed E-state index contributed by atoms with van der Waals surface area (Å²) in [5.74, 6) is -0.369. The molecule has 0 aromatic heterocycles. The summed E-state index contributed by atoms with van der Waals surface area (Å²) in [5.41, 5.74) is -0.485. The number of rotatable bonds is 4. The number of likely N-dealkylation sites (tertiary alicyclic amines) is 1. The molecule has 0 saturated carbocycles. The lowest BCUT2D eigenvalue weighted by Gasteiger charge is -2.29. The van der Waals surface area contributed by atoms with E-state index in [1.807, 2.05) is 20.8 Å². The lowest BCUT2D eigenvalue weighted by atomic mass is 10.1. The maximum atomic E-state index is 11.7. The Labute approximate surface area is 115 Å². The zero-order valence-electron chi connectivity index (χ0n) is 12.5. The van der Waals surface area contributed by atoms with Gasteiger partial charge in [-0.1, -0.05) is 0 Å². The van der Waals surface area contributed by atoms with Crippen molar-refractivity contribution in [3.05, 3.63) is 0 Å². The van der Waals surface area contributed by atoms with Gasteiger partial charge in [0.05, 0.1) is 6.42 Å². The van der Waals surface area contributed by atoms with E-state index in [1.165, 1.54) is 0 Å². The number of piperidine rings is 1. The number of amides is 1. The molecule has 0 aromatic carbocycles. The van der Waals surface area contributed by atoms with Gasteiger partial charge < -0.3 is 15.0 Å². The van der Waals surface area contributed by atoms with Gasteiger partial charge in [-0.25, -0.2) is 0 Å². The average Bonchev–Trinajstić information content (AvgIpc) is 2.27. The van der Waals surface area contributed by atoms with Crippen LogP contribution >= 0.6 is 0 Å². The summed E-state index contributed by atoms with van der Waals surface area (Å²) in [4.78, 5) is 25.5. The molecule has 0 bridgehead atoms. The second-order valence-electron chi connectivity index (χ2n) is 6.23. The molecule has 0 unspecified atom stereocenters.